The van der Waals surface area contributed by atoms with E-state index in [0.717, 1.165) is 17.8 Å². The van der Waals surface area contributed by atoms with Gasteiger partial charge in [0.25, 0.3) is 0 Å². The number of rotatable bonds is 6. The van der Waals surface area contributed by atoms with Crippen molar-refractivity contribution >= 4 is 23.5 Å². The standard InChI is InChI=1S/C23H26ClF3N4O2/c1-3-18(16-8-11-20(28-13-16)23(25,26)27)29-22(33)31-12-4-5-19(31)21(32)30(2)14-15-6-9-17(24)10-7-15/h6-11,13,18-19H,3-5,12,14H2,1-2H3,(H,29,33). The zero-order chi connectivity index (χ0) is 24.2. The van der Waals surface area contributed by atoms with Crippen LogP contribution in [-0.2, 0) is 17.5 Å². The van der Waals surface area contributed by atoms with Crippen LogP contribution in [0.25, 0.3) is 0 Å². The number of carbonyl (C=O) groups is 2. The number of alkyl halides is 3. The fraction of sp³-hybridized carbons (Fsp3) is 0.435. The van der Waals surface area contributed by atoms with E-state index in [4.69, 9.17) is 11.6 Å². The second kappa shape index (κ2) is 10.4. The Morgan fingerprint density at radius 2 is 1.94 bits per heavy atom. The van der Waals surface area contributed by atoms with Crippen LogP contribution in [0.4, 0.5) is 18.0 Å². The summed E-state index contributed by atoms with van der Waals surface area (Å²) in [6.07, 6.45) is -1.69. The second-order valence-electron chi connectivity index (χ2n) is 8.06. The maximum Gasteiger partial charge on any atom is 0.433 e. The summed E-state index contributed by atoms with van der Waals surface area (Å²) < 4.78 is 38.3. The van der Waals surface area contributed by atoms with Gasteiger partial charge >= 0.3 is 12.2 Å². The summed E-state index contributed by atoms with van der Waals surface area (Å²) in [6, 6.07) is 7.88. The number of nitrogens with one attached hydrogen (secondary N) is 1. The van der Waals surface area contributed by atoms with Crippen molar-refractivity contribution in [2.24, 2.45) is 0 Å². The van der Waals surface area contributed by atoms with Gasteiger partial charge < -0.3 is 15.1 Å². The molecule has 1 aromatic carbocycles. The first-order valence-electron chi connectivity index (χ1n) is 10.7. The van der Waals surface area contributed by atoms with Crippen molar-refractivity contribution in [1.82, 2.24) is 20.1 Å². The predicted octanol–water partition coefficient (Wildman–Crippen LogP) is 5.04. The second-order valence-corrected chi connectivity index (χ2v) is 8.49. The monoisotopic (exact) mass is 482 g/mol. The van der Waals surface area contributed by atoms with Gasteiger partial charge in [0.15, 0.2) is 0 Å². The van der Waals surface area contributed by atoms with Crippen LogP contribution in [0, 0.1) is 0 Å². The number of hydrogen-bond acceptors (Lipinski definition) is 3. The van der Waals surface area contributed by atoms with Gasteiger partial charge in [0.05, 0.1) is 6.04 Å². The van der Waals surface area contributed by atoms with Gasteiger partial charge in [-0.25, -0.2) is 4.79 Å². The van der Waals surface area contributed by atoms with Gasteiger partial charge in [0.2, 0.25) is 5.91 Å². The largest absolute Gasteiger partial charge is 0.433 e. The molecule has 1 aromatic heterocycles. The highest BCUT2D eigenvalue weighted by Crippen LogP contribution is 2.28. The smallest absolute Gasteiger partial charge is 0.340 e. The minimum absolute atomic E-state index is 0.165. The number of nitrogens with zero attached hydrogens (tertiary/aromatic N) is 3. The molecule has 178 valence electrons. The number of aromatic nitrogens is 1. The fourth-order valence-corrected chi connectivity index (χ4v) is 4.02. The minimum Gasteiger partial charge on any atom is -0.340 e. The topological polar surface area (TPSA) is 65.5 Å². The van der Waals surface area contributed by atoms with E-state index in [0.29, 0.717) is 42.9 Å². The Kier molecular flexibility index (Phi) is 7.84. The number of likely N-dealkylation sites (tertiary alicyclic amines) is 1. The van der Waals surface area contributed by atoms with E-state index < -0.39 is 30.0 Å². The summed E-state index contributed by atoms with van der Waals surface area (Å²) in [5.41, 5.74) is 0.409. The predicted molar refractivity (Wildman–Crippen MR) is 118 cm³/mol. The first-order chi connectivity index (χ1) is 15.6. The van der Waals surface area contributed by atoms with Crippen molar-refractivity contribution in [2.75, 3.05) is 13.6 Å². The van der Waals surface area contributed by atoms with E-state index in [-0.39, 0.29) is 5.91 Å². The van der Waals surface area contributed by atoms with Crippen LogP contribution < -0.4 is 5.32 Å². The normalized spacial score (nSPS) is 17.0. The number of hydrogen-bond donors (Lipinski definition) is 1. The van der Waals surface area contributed by atoms with Crippen molar-refractivity contribution in [3.8, 4) is 0 Å². The van der Waals surface area contributed by atoms with E-state index in [2.05, 4.69) is 10.3 Å². The van der Waals surface area contributed by atoms with E-state index >= 15 is 0 Å². The number of carbonyl (C=O) groups excluding carboxylic acids is 2. The summed E-state index contributed by atoms with van der Waals surface area (Å²) in [6.45, 7) is 2.63. The molecule has 2 unspecified atom stereocenters. The maximum absolute atomic E-state index is 13.0. The highest BCUT2D eigenvalue weighted by molar-refractivity contribution is 6.30. The van der Waals surface area contributed by atoms with E-state index in [1.807, 2.05) is 19.1 Å². The fourth-order valence-electron chi connectivity index (χ4n) is 3.89. The molecular weight excluding hydrogens is 457 g/mol. The van der Waals surface area contributed by atoms with Gasteiger partial charge in [0, 0.05) is 31.4 Å². The molecule has 3 amide bonds. The van der Waals surface area contributed by atoms with Gasteiger partial charge in [-0.15, -0.1) is 0 Å². The van der Waals surface area contributed by atoms with Gasteiger partial charge in [-0.05, 0) is 48.6 Å². The Hall–Kier alpha value is -2.81. The van der Waals surface area contributed by atoms with Gasteiger partial charge in [0.1, 0.15) is 11.7 Å². The molecule has 2 heterocycles. The molecule has 1 N–H and O–H groups in total. The van der Waals surface area contributed by atoms with Crippen molar-refractivity contribution in [3.05, 3.63) is 64.4 Å². The number of benzene rings is 1. The van der Waals surface area contributed by atoms with Crippen molar-refractivity contribution in [1.29, 1.82) is 0 Å². The molecule has 1 aliphatic rings. The Labute approximate surface area is 195 Å². The Bertz CT molecular complexity index is 967. The average Bonchev–Trinajstić information content (AvgIpc) is 3.28. The SMILES string of the molecule is CCC(NC(=O)N1CCCC1C(=O)N(C)Cc1ccc(Cl)cc1)c1ccc(C(F)(F)F)nc1. The molecule has 2 aromatic rings. The molecule has 10 heteroatoms. The quantitative estimate of drug-likeness (QED) is 0.627. The summed E-state index contributed by atoms with van der Waals surface area (Å²) in [5, 5.41) is 3.45. The third-order valence-electron chi connectivity index (χ3n) is 5.69. The number of halogens is 4. The molecule has 0 saturated carbocycles. The average molecular weight is 483 g/mol. The first kappa shape index (κ1) is 24.8. The lowest BCUT2D eigenvalue weighted by atomic mass is 10.1. The lowest BCUT2D eigenvalue weighted by Gasteiger charge is -2.30. The molecule has 2 atom stereocenters. The van der Waals surface area contributed by atoms with E-state index in [9.17, 15) is 22.8 Å². The number of pyridine rings is 1. The Morgan fingerprint density at radius 1 is 1.24 bits per heavy atom. The molecule has 1 saturated heterocycles. The van der Waals surface area contributed by atoms with Gasteiger partial charge in [-0.3, -0.25) is 9.78 Å². The summed E-state index contributed by atoms with van der Waals surface area (Å²) in [5.74, 6) is -0.165. The number of likely N-dealkylation sites (N-methyl/N-ethyl adjacent to an activating group) is 1. The van der Waals surface area contributed by atoms with Crippen LogP contribution in [0.1, 0.15) is 49.0 Å². The summed E-state index contributed by atoms with van der Waals surface area (Å²) in [4.78, 5) is 32.6. The third-order valence-corrected chi connectivity index (χ3v) is 5.95. The molecule has 1 fully saturated rings. The molecule has 6 nitrogen and oxygen atoms in total. The molecule has 0 spiro atoms. The van der Waals surface area contributed by atoms with Gasteiger partial charge in [-0.2, -0.15) is 13.2 Å². The van der Waals surface area contributed by atoms with E-state index in [1.165, 1.54) is 11.0 Å². The Balaban J connectivity index is 1.65. The van der Waals surface area contributed by atoms with Crippen LogP contribution in [-0.4, -0.2) is 46.4 Å². The van der Waals surface area contributed by atoms with E-state index in [1.54, 1.807) is 24.1 Å². The third kappa shape index (κ3) is 6.16. The zero-order valence-electron chi connectivity index (χ0n) is 18.4. The van der Waals surface area contributed by atoms with Crippen molar-refractivity contribution < 1.29 is 22.8 Å². The molecule has 0 aliphatic carbocycles. The van der Waals surface area contributed by atoms with Crippen molar-refractivity contribution in [2.45, 2.75) is 51.0 Å². The lowest BCUT2D eigenvalue weighted by Crippen LogP contribution is -2.50. The molecule has 33 heavy (non-hydrogen) atoms. The molecule has 0 bridgehead atoms. The highest BCUT2D eigenvalue weighted by atomic mass is 35.5. The molecule has 0 radical (unpaired) electrons. The first-order valence-corrected chi connectivity index (χ1v) is 11.1. The Morgan fingerprint density at radius 3 is 2.52 bits per heavy atom. The van der Waals surface area contributed by atoms with Gasteiger partial charge in [-0.1, -0.05) is 36.7 Å². The lowest BCUT2D eigenvalue weighted by molar-refractivity contribution is -0.141. The van der Waals surface area contributed by atoms with Crippen LogP contribution in [0.15, 0.2) is 42.6 Å². The highest BCUT2D eigenvalue weighted by Gasteiger charge is 2.36. The van der Waals surface area contributed by atoms with Crippen LogP contribution in [0.5, 0.6) is 0 Å². The maximum atomic E-state index is 13.0. The number of amides is 3. The molecule has 1 aliphatic heterocycles. The molecular formula is C23H26ClF3N4O2. The number of urea groups is 1. The van der Waals surface area contributed by atoms with Crippen LogP contribution in [0.3, 0.4) is 0 Å². The molecule has 3 rings (SSSR count). The van der Waals surface area contributed by atoms with Crippen LogP contribution >= 0.6 is 11.6 Å². The zero-order valence-corrected chi connectivity index (χ0v) is 19.2. The van der Waals surface area contributed by atoms with Crippen molar-refractivity contribution in [3.63, 3.8) is 0 Å². The summed E-state index contributed by atoms with van der Waals surface area (Å²) >= 11 is 5.91. The van der Waals surface area contributed by atoms with Crippen LogP contribution in [0.2, 0.25) is 5.02 Å². The summed E-state index contributed by atoms with van der Waals surface area (Å²) in [7, 11) is 1.69. The minimum atomic E-state index is -4.52.